The molecule has 0 saturated carbocycles. The van der Waals surface area contributed by atoms with Crippen LogP contribution >= 0.6 is 11.3 Å². The summed E-state index contributed by atoms with van der Waals surface area (Å²) in [5.74, 6) is 1.13. The van der Waals surface area contributed by atoms with E-state index in [9.17, 15) is 8.42 Å². The molecule has 0 unspecified atom stereocenters. The van der Waals surface area contributed by atoms with E-state index in [1.54, 1.807) is 28.9 Å². The molecule has 2 aliphatic rings. The van der Waals surface area contributed by atoms with Gasteiger partial charge in [0.2, 0.25) is 10.0 Å². The van der Waals surface area contributed by atoms with E-state index in [1.807, 2.05) is 0 Å². The molecule has 130 valence electrons. The van der Waals surface area contributed by atoms with E-state index in [0.717, 1.165) is 30.2 Å². The highest BCUT2D eigenvalue weighted by molar-refractivity contribution is 7.89. The molecule has 7 nitrogen and oxygen atoms in total. The molecule has 0 atom stereocenters. The van der Waals surface area contributed by atoms with E-state index >= 15 is 0 Å². The first kappa shape index (κ1) is 16.2. The fraction of sp³-hybridized carbons (Fsp3) is 0.600. The van der Waals surface area contributed by atoms with Gasteiger partial charge < -0.3 is 10.2 Å². The lowest BCUT2D eigenvalue weighted by Crippen LogP contribution is -2.49. The summed E-state index contributed by atoms with van der Waals surface area (Å²) in [6, 6.07) is 0. The summed E-state index contributed by atoms with van der Waals surface area (Å²) >= 11 is 1.74. The zero-order chi connectivity index (χ0) is 16.7. The van der Waals surface area contributed by atoms with Crippen molar-refractivity contribution in [1.29, 1.82) is 0 Å². The van der Waals surface area contributed by atoms with Crippen LogP contribution in [0.15, 0.2) is 6.33 Å². The quantitative estimate of drug-likeness (QED) is 0.865. The van der Waals surface area contributed by atoms with Crippen LogP contribution in [0, 0.1) is 0 Å². The van der Waals surface area contributed by atoms with Crippen LogP contribution in [0.1, 0.15) is 17.4 Å². The van der Waals surface area contributed by atoms with Crippen LogP contribution in [-0.2, 0) is 23.0 Å². The van der Waals surface area contributed by atoms with Crippen molar-refractivity contribution < 1.29 is 8.42 Å². The number of fused-ring (bicyclic) bond motifs is 3. The molecule has 0 spiro atoms. The highest BCUT2D eigenvalue weighted by Crippen LogP contribution is 2.37. The molecule has 4 rings (SSSR count). The van der Waals surface area contributed by atoms with Crippen LogP contribution < -0.4 is 10.2 Å². The Morgan fingerprint density at radius 1 is 1.25 bits per heavy atom. The first-order valence-corrected chi connectivity index (χ1v) is 10.7. The molecular formula is C15H21N5O2S2. The van der Waals surface area contributed by atoms with Gasteiger partial charge >= 0.3 is 0 Å². The molecule has 0 aliphatic carbocycles. The van der Waals surface area contributed by atoms with E-state index in [2.05, 4.69) is 20.2 Å². The molecule has 0 amide bonds. The highest BCUT2D eigenvalue weighted by Gasteiger charge is 2.28. The summed E-state index contributed by atoms with van der Waals surface area (Å²) in [6.07, 6.45) is 2.63. The van der Waals surface area contributed by atoms with Crippen molar-refractivity contribution in [3.05, 3.63) is 16.8 Å². The third-order valence-electron chi connectivity index (χ3n) is 4.78. The zero-order valence-corrected chi connectivity index (χ0v) is 15.3. The molecule has 24 heavy (non-hydrogen) atoms. The van der Waals surface area contributed by atoms with Gasteiger partial charge in [-0.3, -0.25) is 0 Å². The molecule has 1 fully saturated rings. The number of thiophene rings is 1. The van der Waals surface area contributed by atoms with Gasteiger partial charge in [-0.1, -0.05) is 0 Å². The van der Waals surface area contributed by atoms with Gasteiger partial charge in [-0.05, 0) is 25.5 Å². The Balaban J connectivity index is 1.65. The largest absolute Gasteiger partial charge is 0.353 e. The van der Waals surface area contributed by atoms with Crippen molar-refractivity contribution in [3.63, 3.8) is 0 Å². The van der Waals surface area contributed by atoms with Gasteiger partial charge in [-0.2, -0.15) is 4.31 Å². The predicted octanol–water partition coefficient (Wildman–Crippen LogP) is 0.809. The van der Waals surface area contributed by atoms with Crippen LogP contribution in [0.2, 0.25) is 0 Å². The number of aromatic nitrogens is 2. The summed E-state index contributed by atoms with van der Waals surface area (Å²) in [6.45, 7) is 5.98. The summed E-state index contributed by atoms with van der Waals surface area (Å²) in [5, 5.41) is 4.58. The molecule has 0 aromatic carbocycles. The molecule has 2 aromatic rings. The van der Waals surface area contributed by atoms with Crippen molar-refractivity contribution in [1.82, 2.24) is 19.6 Å². The first-order valence-electron chi connectivity index (χ1n) is 8.29. The Morgan fingerprint density at radius 3 is 2.79 bits per heavy atom. The van der Waals surface area contributed by atoms with Crippen LogP contribution in [-0.4, -0.2) is 61.2 Å². The number of anilines is 1. The van der Waals surface area contributed by atoms with E-state index in [4.69, 9.17) is 0 Å². The molecule has 0 bridgehead atoms. The van der Waals surface area contributed by atoms with Gasteiger partial charge in [-0.15, -0.1) is 11.3 Å². The van der Waals surface area contributed by atoms with Gasteiger partial charge in [0.05, 0.1) is 11.1 Å². The maximum Gasteiger partial charge on any atom is 0.213 e. The highest BCUT2D eigenvalue weighted by atomic mass is 32.2. The van der Waals surface area contributed by atoms with Crippen LogP contribution in [0.25, 0.3) is 10.2 Å². The van der Waals surface area contributed by atoms with Crippen LogP contribution in [0.3, 0.4) is 0 Å². The number of nitrogens with one attached hydrogen (secondary N) is 1. The minimum absolute atomic E-state index is 0.162. The Morgan fingerprint density at radius 2 is 2.04 bits per heavy atom. The summed E-state index contributed by atoms with van der Waals surface area (Å²) in [4.78, 5) is 13.6. The van der Waals surface area contributed by atoms with Crippen molar-refractivity contribution in [2.24, 2.45) is 0 Å². The number of hydrogen-bond acceptors (Lipinski definition) is 7. The first-order chi connectivity index (χ1) is 11.6. The minimum atomic E-state index is -3.11. The predicted molar refractivity (Wildman–Crippen MR) is 96.1 cm³/mol. The van der Waals surface area contributed by atoms with Gasteiger partial charge in [0.25, 0.3) is 0 Å². The lowest BCUT2D eigenvalue weighted by Gasteiger charge is -2.34. The second-order valence-electron chi connectivity index (χ2n) is 6.09. The van der Waals surface area contributed by atoms with Gasteiger partial charge in [0, 0.05) is 37.6 Å². The standard InChI is InChI=1S/C15H21N5O2S2/c1-2-24(21,22)20-7-5-19(6-8-20)14-13-11-3-4-16-9-12(11)23-15(13)18-10-17-14/h10,16H,2-9H2,1H3. The zero-order valence-electron chi connectivity index (χ0n) is 13.7. The number of hydrogen-bond donors (Lipinski definition) is 1. The third-order valence-corrected chi connectivity index (χ3v) is 7.81. The number of rotatable bonds is 3. The average molecular weight is 368 g/mol. The maximum absolute atomic E-state index is 12.0. The molecule has 2 aliphatic heterocycles. The monoisotopic (exact) mass is 367 g/mol. The van der Waals surface area contributed by atoms with Crippen molar-refractivity contribution in [3.8, 4) is 0 Å². The summed E-state index contributed by atoms with van der Waals surface area (Å²) in [5.41, 5.74) is 1.37. The fourth-order valence-electron chi connectivity index (χ4n) is 3.44. The molecule has 9 heteroatoms. The number of nitrogens with zero attached hydrogens (tertiary/aromatic N) is 4. The van der Waals surface area contributed by atoms with Gasteiger partial charge in [-0.25, -0.2) is 18.4 Å². The second-order valence-corrected chi connectivity index (χ2v) is 9.44. The summed E-state index contributed by atoms with van der Waals surface area (Å²) in [7, 11) is -3.11. The average Bonchev–Trinajstić information content (AvgIpc) is 3.00. The second kappa shape index (κ2) is 6.21. The fourth-order valence-corrected chi connectivity index (χ4v) is 5.68. The molecule has 2 aromatic heterocycles. The molecule has 1 N–H and O–H groups in total. The third kappa shape index (κ3) is 2.69. The van der Waals surface area contributed by atoms with Crippen molar-refractivity contribution in [2.45, 2.75) is 19.9 Å². The van der Waals surface area contributed by atoms with Gasteiger partial charge in [0.1, 0.15) is 17.0 Å². The Bertz CT molecular complexity index is 856. The lowest BCUT2D eigenvalue weighted by molar-refractivity contribution is 0.385. The topological polar surface area (TPSA) is 78.4 Å². The number of piperazine rings is 1. The smallest absolute Gasteiger partial charge is 0.213 e. The van der Waals surface area contributed by atoms with E-state index in [0.29, 0.717) is 26.2 Å². The minimum Gasteiger partial charge on any atom is -0.353 e. The Hall–Kier alpha value is -1.29. The van der Waals surface area contributed by atoms with E-state index in [1.165, 1.54) is 15.8 Å². The Kier molecular flexibility index (Phi) is 4.19. The van der Waals surface area contributed by atoms with E-state index < -0.39 is 10.0 Å². The molecule has 0 radical (unpaired) electrons. The van der Waals surface area contributed by atoms with Crippen molar-refractivity contribution >= 4 is 37.4 Å². The molecular weight excluding hydrogens is 346 g/mol. The van der Waals surface area contributed by atoms with E-state index in [-0.39, 0.29) is 5.75 Å². The Labute approximate surface area is 145 Å². The maximum atomic E-state index is 12.0. The lowest BCUT2D eigenvalue weighted by atomic mass is 10.1. The van der Waals surface area contributed by atoms with Crippen LogP contribution in [0.4, 0.5) is 5.82 Å². The molecule has 4 heterocycles. The van der Waals surface area contributed by atoms with Crippen molar-refractivity contribution in [2.75, 3.05) is 43.4 Å². The normalized spacial score (nSPS) is 19.6. The SMILES string of the molecule is CCS(=O)(=O)N1CCN(c2ncnc3sc4c(c23)CCNC4)CC1. The number of sulfonamides is 1. The molecule has 1 saturated heterocycles. The van der Waals surface area contributed by atoms with Crippen LogP contribution in [0.5, 0.6) is 0 Å². The van der Waals surface area contributed by atoms with Gasteiger partial charge in [0.15, 0.2) is 0 Å². The summed E-state index contributed by atoms with van der Waals surface area (Å²) < 4.78 is 25.7.